The largest absolute Gasteiger partial charge is 0.456 e. The number of ether oxygens (including phenoxy) is 2. The van der Waals surface area contributed by atoms with Crippen LogP contribution in [0.1, 0.15) is 50.4 Å². The van der Waals surface area contributed by atoms with Gasteiger partial charge in [-0.15, -0.1) is 0 Å². The van der Waals surface area contributed by atoms with Gasteiger partial charge in [0.15, 0.2) is 5.78 Å². The van der Waals surface area contributed by atoms with E-state index in [1.807, 2.05) is 18.2 Å². The summed E-state index contributed by atoms with van der Waals surface area (Å²) in [7, 11) is 0. The Morgan fingerprint density at radius 3 is 2.45 bits per heavy atom. The van der Waals surface area contributed by atoms with E-state index in [1.165, 1.54) is 6.08 Å². The Balaban J connectivity index is 2.30. The van der Waals surface area contributed by atoms with Crippen LogP contribution in [0, 0.1) is 5.92 Å². The summed E-state index contributed by atoms with van der Waals surface area (Å²) in [6, 6.07) is 9.10. The maximum absolute atomic E-state index is 12.8. The van der Waals surface area contributed by atoms with Gasteiger partial charge in [-0.05, 0) is 6.42 Å². The van der Waals surface area contributed by atoms with E-state index in [0.29, 0.717) is 17.7 Å². The van der Waals surface area contributed by atoms with Crippen molar-refractivity contribution < 1.29 is 19.1 Å². The topological polar surface area (TPSA) is 52.6 Å². The predicted molar refractivity (Wildman–Crippen MR) is 83.1 cm³/mol. The standard InChI is InChI=1S/C18H22O4/c1-4-5-11-14(17(20)13-9-7-6-8-10-13)15-12-16(19)22-18(2,3)21-15/h6-10,12,14H,4-5,11H2,1-3H3. The molecular weight excluding hydrogens is 280 g/mol. The zero-order chi connectivity index (χ0) is 16.2. The number of cyclic esters (lactones) is 1. The lowest BCUT2D eigenvalue weighted by molar-refractivity contribution is -0.207. The second-order valence-corrected chi connectivity index (χ2v) is 5.89. The summed E-state index contributed by atoms with van der Waals surface area (Å²) >= 11 is 0. The Bertz CT molecular complexity index is 572. The van der Waals surface area contributed by atoms with E-state index in [1.54, 1.807) is 26.0 Å². The van der Waals surface area contributed by atoms with E-state index in [9.17, 15) is 9.59 Å². The van der Waals surface area contributed by atoms with Gasteiger partial charge in [-0.3, -0.25) is 4.79 Å². The molecule has 118 valence electrons. The molecule has 1 aromatic carbocycles. The maximum atomic E-state index is 12.8. The zero-order valence-corrected chi connectivity index (χ0v) is 13.3. The third-order valence-corrected chi connectivity index (χ3v) is 3.53. The first kappa shape index (κ1) is 16.3. The molecule has 2 rings (SSSR count). The van der Waals surface area contributed by atoms with Gasteiger partial charge in [0.05, 0.1) is 12.0 Å². The van der Waals surface area contributed by atoms with Gasteiger partial charge in [0.2, 0.25) is 5.79 Å². The summed E-state index contributed by atoms with van der Waals surface area (Å²) in [6.45, 7) is 5.40. The number of benzene rings is 1. The average molecular weight is 302 g/mol. The number of Topliss-reactive ketones (excluding diaryl/α,β-unsaturated/α-hetero) is 1. The second kappa shape index (κ2) is 6.77. The van der Waals surface area contributed by atoms with Crippen molar-refractivity contribution in [1.82, 2.24) is 0 Å². The smallest absolute Gasteiger partial charge is 0.337 e. The highest BCUT2D eigenvalue weighted by Gasteiger charge is 2.36. The van der Waals surface area contributed by atoms with Gasteiger partial charge in [-0.2, -0.15) is 0 Å². The van der Waals surface area contributed by atoms with E-state index in [2.05, 4.69) is 6.92 Å². The first-order chi connectivity index (χ1) is 10.4. The molecule has 0 radical (unpaired) electrons. The van der Waals surface area contributed by atoms with Gasteiger partial charge in [0.1, 0.15) is 5.76 Å². The fraction of sp³-hybridized carbons (Fsp3) is 0.444. The number of carbonyl (C=O) groups is 2. The Labute approximate surface area is 131 Å². The summed E-state index contributed by atoms with van der Waals surface area (Å²) in [4.78, 5) is 24.5. The molecule has 1 aliphatic heterocycles. The van der Waals surface area contributed by atoms with Crippen molar-refractivity contribution in [3.05, 3.63) is 47.7 Å². The molecule has 0 saturated heterocycles. The van der Waals surface area contributed by atoms with Crippen LogP contribution in [0.15, 0.2) is 42.2 Å². The van der Waals surface area contributed by atoms with Crippen LogP contribution in [0.3, 0.4) is 0 Å². The molecule has 1 aliphatic rings. The van der Waals surface area contributed by atoms with Crippen molar-refractivity contribution in [2.45, 2.75) is 45.8 Å². The molecule has 1 heterocycles. The fourth-order valence-electron chi connectivity index (χ4n) is 2.51. The number of unbranched alkanes of at least 4 members (excludes halogenated alkanes) is 1. The van der Waals surface area contributed by atoms with Crippen molar-refractivity contribution in [3.63, 3.8) is 0 Å². The number of esters is 1. The number of carbonyl (C=O) groups excluding carboxylic acids is 2. The highest BCUT2D eigenvalue weighted by Crippen LogP contribution is 2.31. The minimum Gasteiger partial charge on any atom is -0.456 e. The zero-order valence-electron chi connectivity index (χ0n) is 13.3. The van der Waals surface area contributed by atoms with Crippen LogP contribution >= 0.6 is 0 Å². The SMILES string of the molecule is CCCCC(C(=O)c1ccccc1)C1=CC(=O)OC(C)(C)O1. The van der Waals surface area contributed by atoms with Crippen molar-refractivity contribution >= 4 is 11.8 Å². The first-order valence-corrected chi connectivity index (χ1v) is 7.66. The van der Waals surface area contributed by atoms with Crippen LogP contribution in [-0.2, 0) is 14.3 Å². The Kier molecular flexibility index (Phi) is 5.01. The van der Waals surface area contributed by atoms with E-state index in [0.717, 1.165) is 12.8 Å². The van der Waals surface area contributed by atoms with Gasteiger partial charge in [-0.25, -0.2) is 4.79 Å². The maximum Gasteiger partial charge on any atom is 0.337 e. The third-order valence-electron chi connectivity index (χ3n) is 3.53. The van der Waals surface area contributed by atoms with Gasteiger partial charge in [-0.1, -0.05) is 50.1 Å². The molecular formula is C18H22O4. The van der Waals surface area contributed by atoms with Gasteiger partial charge < -0.3 is 9.47 Å². The highest BCUT2D eigenvalue weighted by molar-refractivity contribution is 6.00. The average Bonchev–Trinajstić information content (AvgIpc) is 2.46. The van der Waals surface area contributed by atoms with Crippen molar-refractivity contribution in [2.24, 2.45) is 5.92 Å². The quantitative estimate of drug-likeness (QED) is 0.591. The Morgan fingerprint density at radius 1 is 1.18 bits per heavy atom. The van der Waals surface area contributed by atoms with Crippen LogP contribution in [-0.4, -0.2) is 17.5 Å². The van der Waals surface area contributed by atoms with Crippen LogP contribution < -0.4 is 0 Å². The van der Waals surface area contributed by atoms with Crippen molar-refractivity contribution in [1.29, 1.82) is 0 Å². The summed E-state index contributed by atoms with van der Waals surface area (Å²) in [5.74, 6) is -1.57. The highest BCUT2D eigenvalue weighted by atomic mass is 16.7. The Hall–Kier alpha value is -2.10. The first-order valence-electron chi connectivity index (χ1n) is 7.66. The molecule has 0 bridgehead atoms. The van der Waals surface area contributed by atoms with Crippen molar-refractivity contribution in [3.8, 4) is 0 Å². The summed E-state index contributed by atoms with van der Waals surface area (Å²) < 4.78 is 10.8. The molecule has 0 saturated carbocycles. The molecule has 0 amide bonds. The lowest BCUT2D eigenvalue weighted by Gasteiger charge is -2.33. The van der Waals surface area contributed by atoms with Crippen molar-refractivity contribution in [2.75, 3.05) is 0 Å². The molecule has 4 heteroatoms. The summed E-state index contributed by atoms with van der Waals surface area (Å²) in [5, 5.41) is 0. The van der Waals surface area contributed by atoms with Crippen LogP contribution in [0.5, 0.6) is 0 Å². The van der Waals surface area contributed by atoms with Gasteiger partial charge >= 0.3 is 5.97 Å². The molecule has 1 unspecified atom stereocenters. The van der Waals surface area contributed by atoms with E-state index < -0.39 is 17.7 Å². The lowest BCUT2D eigenvalue weighted by atomic mass is 9.90. The normalized spacial score (nSPS) is 18.0. The number of rotatable bonds is 6. The number of allylic oxidation sites excluding steroid dienone is 1. The molecule has 0 N–H and O–H groups in total. The molecule has 1 atom stereocenters. The second-order valence-electron chi connectivity index (χ2n) is 5.89. The lowest BCUT2D eigenvalue weighted by Crippen LogP contribution is -2.37. The van der Waals surface area contributed by atoms with Crippen LogP contribution in [0.4, 0.5) is 0 Å². The van der Waals surface area contributed by atoms with E-state index in [4.69, 9.17) is 9.47 Å². The predicted octanol–water partition coefficient (Wildman–Crippen LogP) is 3.87. The van der Waals surface area contributed by atoms with Gasteiger partial charge in [0.25, 0.3) is 0 Å². The number of ketones is 1. The summed E-state index contributed by atoms with van der Waals surface area (Å²) in [5.41, 5.74) is 0.629. The Morgan fingerprint density at radius 2 is 1.86 bits per heavy atom. The molecule has 0 aliphatic carbocycles. The fourth-order valence-corrected chi connectivity index (χ4v) is 2.51. The molecule has 0 aromatic heterocycles. The number of hydrogen-bond acceptors (Lipinski definition) is 4. The minimum atomic E-state index is -1.04. The molecule has 0 spiro atoms. The molecule has 1 aromatic rings. The van der Waals surface area contributed by atoms with E-state index >= 15 is 0 Å². The molecule has 4 nitrogen and oxygen atoms in total. The monoisotopic (exact) mass is 302 g/mol. The molecule has 0 fully saturated rings. The van der Waals surface area contributed by atoms with Crippen LogP contribution in [0.25, 0.3) is 0 Å². The van der Waals surface area contributed by atoms with E-state index in [-0.39, 0.29) is 5.78 Å². The molecule has 22 heavy (non-hydrogen) atoms. The third kappa shape index (κ3) is 3.97. The minimum absolute atomic E-state index is 0.0224. The van der Waals surface area contributed by atoms with Gasteiger partial charge in [0, 0.05) is 19.4 Å². The number of hydrogen-bond donors (Lipinski definition) is 0. The summed E-state index contributed by atoms with van der Waals surface area (Å²) in [6.07, 6.45) is 3.81. The van der Waals surface area contributed by atoms with Crippen LogP contribution in [0.2, 0.25) is 0 Å².